The summed E-state index contributed by atoms with van der Waals surface area (Å²) >= 11 is 0. The summed E-state index contributed by atoms with van der Waals surface area (Å²) in [4.78, 5) is 25.6. The van der Waals surface area contributed by atoms with E-state index in [0.29, 0.717) is 5.69 Å². The highest BCUT2D eigenvalue weighted by atomic mass is 19.1. The zero-order chi connectivity index (χ0) is 15.5. The van der Waals surface area contributed by atoms with Crippen molar-refractivity contribution >= 4 is 23.2 Å². The van der Waals surface area contributed by atoms with Crippen molar-refractivity contribution in [3.05, 3.63) is 60.4 Å². The first-order chi connectivity index (χ1) is 10.6. The number of carbonyl (C=O) groups is 2. The Morgan fingerprint density at radius 1 is 1.09 bits per heavy atom. The van der Waals surface area contributed by atoms with E-state index in [-0.39, 0.29) is 30.5 Å². The average molecular weight is 298 g/mol. The molecule has 3 rings (SSSR count). The predicted octanol–water partition coefficient (Wildman–Crippen LogP) is 2.82. The highest BCUT2D eigenvalue weighted by Crippen LogP contribution is 2.27. The zero-order valence-electron chi connectivity index (χ0n) is 11.8. The molecule has 0 aliphatic carbocycles. The molecule has 22 heavy (non-hydrogen) atoms. The Balaban J connectivity index is 1.72. The van der Waals surface area contributed by atoms with Gasteiger partial charge in [-0.25, -0.2) is 4.39 Å². The van der Waals surface area contributed by atoms with Gasteiger partial charge < -0.3 is 10.2 Å². The molecule has 1 heterocycles. The summed E-state index contributed by atoms with van der Waals surface area (Å²) in [6.45, 7) is 0.193. The molecule has 4 nitrogen and oxygen atoms in total. The number of benzene rings is 2. The van der Waals surface area contributed by atoms with Crippen LogP contribution in [0.1, 0.15) is 6.42 Å². The predicted molar refractivity (Wildman–Crippen MR) is 81.9 cm³/mol. The van der Waals surface area contributed by atoms with Crippen molar-refractivity contribution in [3.63, 3.8) is 0 Å². The topological polar surface area (TPSA) is 49.4 Å². The molecule has 2 amide bonds. The van der Waals surface area contributed by atoms with Crippen molar-refractivity contribution in [3.8, 4) is 0 Å². The van der Waals surface area contributed by atoms with Gasteiger partial charge in [0.2, 0.25) is 11.8 Å². The van der Waals surface area contributed by atoms with E-state index in [9.17, 15) is 14.0 Å². The fourth-order valence-corrected chi connectivity index (χ4v) is 2.55. The number of anilines is 2. The molecule has 5 heteroatoms. The Morgan fingerprint density at radius 2 is 1.77 bits per heavy atom. The Kier molecular flexibility index (Phi) is 3.87. The van der Waals surface area contributed by atoms with Crippen LogP contribution in [-0.4, -0.2) is 18.4 Å². The van der Waals surface area contributed by atoms with E-state index in [2.05, 4.69) is 5.32 Å². The summed E-state index contributed by atoms with van der Waals surface area (Å²) in [7, 11) is 0. The molecule has 1 aliphatic rings. The maximum absolute atomic E-state index is 13.8. The first-order valence-electron chi connectivity index (χ1n) is 7.06. The van der Waals surface area contributed by atoms with Gasteiger partial charge in [-0.2, -0.15) is 0 Å². The molecule has 1 N–H and O–H groups in total. The van der Waals surface area contributed by atoms with E-state index < -0.39 is 11.7 Å². The number of rotatable bonds is 3. The summed E-state index contributed by atoms with van der Waals surface area (Å²) in [6, 6.07) is 15.1. The number of halogens is 1. The molecular weight excluding hydrogens is 283 g/mol. The van der Waals surface area contributed by atoms with Crippen molar-refractivity contribution in [1.29, 1.82) is 0 Å². The van der Waals surface area contributed by atoms with Crippen LogP contribution in [0.5, 0.6) is 0 Å². The second-order valence-electron chi connectivity index (χ2n) is 5.21. The number of amides is 2. The molecule has 0 radical (unpaired) electrons. The lowest BCUT2D eigenvalue weighted by atomic mass is 10.1. The second-order valence-corrected chi connectivity index (χ2v) is 5.21. The Hall–Kier alpha value is -2.69. The molecular formula is C17H15FN2O2. The van der Waals surface area contributed by atoms with Crippen LogP contribution < -0.4 is 10.2 Å². The summed E-state index contributed by atoms with van der Waals surface area (Å²) in [5, 5.41) is 2.78. The van der Waals surface area contributed by atoms with Gasteiger partial charge in [0, 0.05) is 18.7 Å². The van der Waals surface area contributed by atoms with Crippen LogP contribution in [0.4, 0.5) is 15.8 Å². The van der Waals surface area contributed by atoms with Crippen molar-refractivity contribution in [1.82, 2.24) is 0 Å². The van der Waals surface area contributed by atoms with Crippen LogP contribution in [0.2, 0.25) is 0 Å². The molecule has 1 saturated heterocycles. The summed E-state index contributed by atoms with van der Waals surface area (Å²) in [5.74, 6) is -1.40. The molecule has 112 valence electrons. The van der Waals surface area contributed by atoms with Gasteiger partial charge in [-0.15, -0.1) is 0 Å². The molecule has 0 aromatic heterocycles. The third-order valence-electron chi connectivity index (χ3n) is 3.68. The van der Waals surface area contributed by atoms with Gasteiger partial charge in [0.25, 0.3) is 0 Å². The minimum atomic E-state index is -0.479. The van der Waals surface area contributed by atoms with Crippen LogP contribution >= 0.6 is 0 Å². The van der Waals surface area contributed by atoms with Crippen LogP contribution in [0.15, 0.2) is 54.6 Å². The SMILES string of the molecule is O=C(Nc1ccccc1)[C@@H]1CC(=O)N(c2ccccc2F)C1. The molecule has 0 bridgehead atoms. The van der Waals surface area contributed by atoms with E-state index in [1.807, 2.05) is 18.2 Å². The lowest BCUT2D eigenvalue weighted by Gasteiger charge is -2.17. The molecule has 1 aliphatic heterocycles. The second kappa shape index (κ2) is 5.97. The maximum Gasteiger partial charge on any atom is 0.229 e. The minimum absolute atomic E-state index is 0.0903. The number of nitrogens with one attached hydrogen (secondary N) is 1. The van der Waals surface area contributed by atoms with Gasteiger partial charge in [0.1, 0.15) is 5.82 Å². The largest absolute Gasteiger partial charge is 0.326 e. The summed E-state index contributed by atoms with van der Waals surface area (Å²) in [6.07, 6.45) is 0.0903. The monoisotopic (exact) mass is 298 g/mol. The molecule has 1 fully saturated rings. The third-order valence-corrected chi connectivity index (χ3v) is 3.68. The molecule has 0 unspecified atom stereocenters. The minimum Gasteiger partial charge on any atom is -0.326 e. The van der Waals surface area contributed by atoms with Crippen LogP contribution in [0.3, 0.4) is 0 Å². The third kappa shape index (κ3) is 2.83. The van der Waals surface area contributed by atoms with Crippen molar-refractivity contribution in [2.75, 3.05) is 16.8 Å². The number of para-hydroxylation sites is 2. The Morgan fingerprint density at radius 3 is 2.50 bits per heavy atom. The summed E-state index contributed by atoms with van der Waals surface area (Å²) < 4.78 is 13.8. The number of hydrogen-bond acceptors (Lipinski definition) is 2. The highest BCUT2D eigenvalue weighted by Gasteiger charge is 2.36. The van der Waals surface area contributed by atoms with E-state index >= 15 is 0 Å². The van der Waals surface area contributed by atoms with Gasteiger partial charge in [-0.1, -0.05) is 30.3 Å². The van der Waals surface area contributed by atoms with Crippen molar-refractivity contribution in [2.24, 2.45) is 5.92 Å². The standard InChI is InChI=1S/C17H15FN2O2/c18-14-8-4-5-9-15(14)20-11-12(10-16(20)21)17(22)19-13-6-2-1-3-7-13/h1-9,12H,10-11H2,(H,19,22)/t12-/m1/s1. The average Bonchev–Trinajstić information content (AvgIpc) is 2.91. The molecule has 0 saturated carbocycles. The molecule has 0 spiro atoms. The Bertz CT molecular complexity index is 703. The van der Waals surface area contributed by atoms with E-state index in [4.69, 9.17) is 0 Å². The van der Waals surface area contributed by atoms with Crippen molar-refractivity contribution < 1.29 is 14.0 Å². The van der Waals surface area contributed by atoms with Gasteiger partial charge >= 0.3 is 0 Å². The number of nitrogens with zero attached hydrogens (tertiary/aromatic N) is 1. The van der Waals surface area contributed by atoms with E-state index in [1.54, 1.807) is 30.3 Å². The first-order valence-corrected chi connectivity index (χ1v) is 7.06. The molecule has 2 aromatic carbocycles. The van der Waals surface area contributed by atoms with E-state index in [0.717, 1.165) is 0 Å². The normalized spacial score (nSPS) is 17.6. The summed E-state index contributed by atoms with van der Waals surface area (Å²) in [5.41, 5.74) is 0.909. The fourth-order valence-electron chi connectivity index (χ4n) is 2.55. The lowest BCUT2D eigenvalue weighted by Crippen LogP contribution is -2.28. The van der Waals surface area contributed by atoms with Gasteiger partial charge in [0.15, 0.2) is 0 Å². The van der Waals surface area contributed by atoms with E-state index in [1.165, 1.54) is 11.0 Å². The van der Waals surface area contributed by atoms with Crippen LogP contribution in [-0.2, 0) is 9.59 Å². The fraction of sp³-hybridized carbons (Fsp3) is 0.176. The molecule has 1 atom stereocenters. The van der Waals surface area contributed by atoms with Crippen LogP contribution in [0.25, 0.3) is 0 Å². The number of hydrogen-bond donors (Lipinski definition) is 1. The lowest BCUT2D eigenvalue weighted by molar-refractivity contribution is -0.122. The number of carbonyl (C=O) groups excluding carboxylic acids is 2. The van der Waals surface area contributed by atoms with Crippen LogP contribution in [0, 0.1) is 11.7 Å². The highest BCUT2D eigenvalue weighted by molar-refractivity contribution is 6.03. The van der Waals surface area contributed by atoms with Gasteiger partial charge in [0.05, 0.1) is 11.6 Å². The smallest absolute Gasteiger partial charge is 0.229 e. The first kappa shape index (κ1) is 14.3. The maximum atomic E-state index is 13.8. The van der Waals surface area contributed by atoms with Crippen molar-refractivity contribution in [2.45, 2.75) is 6.42 Å². The van der Waals surface area contributed by atoms with Gasteiger partial charge in [-0.3, -0.25) is 9.59 Å². The molecule has 2 aromatic rings. The zero-order valence-corrected chi connectivity index (χ0v) is 11.8. The Labute approximate surface area is 127 Å². The quantitative estimate of drug-likeness (QED) is 0.947. The van der Waals surface area contributed by atoms with Gasteiger partial charge in [-0.05, 0) is 24.3 Å².